The molecule has 0 fully saturated rings. The summed E-state index contributed by atoms with van der Waals surface area (Å²) in [5, 5.41) is 11.4. The maximum Gasteiger partial charge on any atom is 0.340 e. The SMILES string of the molecule is C=C=C(N=C)C(/C=C/N(C)C)=C(\C(=NC=C)OC)[N+](=O)[O-]. The van der Waals surface area contributed by atoms with Crippen molar-refractivity contribution >= 4 is 12.6 Å². The summed E-state index contributed by atoms with van der Waals surface area (Å²) in [5.74, 6) is -0.204. The smallest absolute Gasteiger partial charge is 0.340 e. The lowest BCUT2D eigenvalue weighted by atomic mass is 10.1. The molecule has 0 aromatic heterocycles. The molecule has 0 radical (unpaired) electrons. The minimum atomic E-state index is -0.621. The number of nitrogens with zero attached hydrogens (tertiary/aromatic N) is 4. The van der Waals surface area contributed by atoms with Gasteiger partial charge in [-0.1, -0.05) is 13.2 Å². The van der Waals surface area contributed by atoms with Gasteiger partial charge in [0.05, 0.1) is 17.6 Å². The maximum absolute atomic E-state index is 11.4. The van der Waals surface area contributed by atoms with Crippen molar-refractivity contribution in [2.45, 2.75) is 0 Å². The van der Waals surface area contributed by atoms with Gasteiger partial charge in [0.1, 0.15) is 5.70 Å². The van der Waals surface area contributed by atoms with Crippen LogP contribution < -0.4 is 0 Å². The number of methoxy groups -OCH3 is 1. The quantitative estimate of drug-likeness (QED) is 0.180. The van der Waals surface area contributed by atoms with Crippen molar-refractivity contribution in [2.75, 3.05) is 21.2 Å². The Bertz CT molecular complexity index is 565. The Labute approximate surface area is 123 Å². The van der Waals surface area contributed by atoms with E-state index in [-0.39, 0.29) is 22.9 Å². The van der Waals surface area contributed by atoms with E-state index in [2.05, 4.69) is 35.6 Å². The highest BCUT2D eigenvalue weighted by atomic mass is 16.6. The minimum Gasteiger partial charge on any atom is -0.476 e. The highest BCUT2D eigenvalue weighted by molar-refractivity contribution is 5.93. The first kappa shape index (κ1) is 18.1. The van der Waals surface area contributed by atoms with Crippen LogP contribution in [0.1, 0.15) is 0 Å². The molecule has 0 aromatic rings. The van der Waals surface area contributed by atoms with Crippen LogP contribution in [0.5, 0.6) is 0 Å². The third-order valence-electron chi connectivity index (χ3n) is 2.16. The Morgan fingerprint density at radius 3 is 2.43 bits per heavy atom. The van der Waals surface area contributed by atoms with E-state index >= 15 is 0 Å². The summed E-state index contributed by atoms with van der Waals surface area (Å²) in [6.07, 6.45) is 4.24. The Morgan fingerprint density at radius 2 is 2.10 bits per heavy atom. The van der Waals surface area contributed by atoms with Crippen LogP contribution in [0.4, 0.5) is 0 Å². The third kappa shape index (κ3) is 5.30. The molecule has 7 heteroatoms. The minimum absolute atomic E-state index is 0.119. The summed E-state index contributed by atoms with van der Waals surface area (Å²) in [7, 11) is 4.82. The van der Waals surface area contributed by atoms with E-state index in [1.807, 2.05) is 0 Å². The number of allylic oxidation sites excluding steroid dienone is 1. The molecule has 0 unspecified atom stereocenters. The standard InChI is InChI=1S/C14H18N4O3/c1-7-12(15-3)11(9-10-17(4)5)13(18(19)20)14(21-6)16-8-2/h8-10H,1-3H2,4-6H3/b10-9+,13-11+,16-14?. The molecule has 7 nitrogen and oxygen atoms in total. The van der Waals surface area contributed by atoms with Crippen molar-refractivity contribution in [3.8, 4) is 0 Å². The molecule has 0 spiro atoms. The summed E-state index contributed by atoms with van der Waals surface area (Å²) < 4.78 is 4.95. The average molecular weight is 290 g/mol. The first-order valence-electron chi connectivity index (χ1n) is 5.76. The largest absolute Gasteiger partial charge is 0.476 e. The second kappa shape index (κ2) is 9.06. The highest BCUT2D eigenvalue weighted by Crippen LogP contribution is 2.19. The summed E-state index contributed by atoms with van der Waals surface area (Å²) in [6.45, 7) is 10.2. The molecule has 0 amide bonds. The van der Waals surface area contributed by atoms with Gasteiger partial charge in [0.25, 0.3) is 5.90 Å². The second-order valence-corrected chi connectivity index (χ2v) is 3.80. The van der Waals surface area contributed by atoms with Crippen LogP contribution in [-0.4, -0.2) is 43.6 Å². The summed E-state index contributed by atoms with van der Waals surface area (Å²) in [4.78, 5) is 19.9. The van der Waals surface area contributed by atoms with Gasteiger partial charge in [-0.15, -0.1) is 5.73 Å². The molecule has 0 saturated heterocycles. The van der Waals surface area contributed by atoms with Crippen LogP contribution in [-0.2, 0) is 4.74 Å². The Hall–Kier alpha value is -2.92. The summed E-state index contributed by atoms with van der Waals surface area (Å²) in [6, 6.07) is 0. The molecule has 0 rings (SSSR count). The molecule has 0 N–H and O–H groups in total. The van der Waals surface area contributed by atoms with Gasteiger partial charge in [0.2, 0.25) is 0 Å². The zero-order valence-electron chi connectivity index (χ0n) is 12.4. The Balaban J connectivity index is 6.50. The van der Waals surface area contributed by atoms with E-state index in [1.54, 1.807) is 25.2 Å². The lowest BCUT2D eigenvalue weighted by Gasteiger charge is -2.08. The lowest BCUT2D eigenvalue weighted by molar-refractivity contribution is -0.417. The van der Waals surface area contributed by atoms with Gasteiger partial charge < -0.3 is 9.64 Å². The highest BCUT2D eigenvalue weighted by Gasteiger charge is 2.27. The fourth-order valence-corrected chi connectivity index (χ4v) is 1.32. The molecule has 0 atom stereocenters. The Morgan fingerprint density at radius 1 is 1.48 bits per heavy atom. The van der Waals surface area contributed by atoms with Crippen LogP contribution in [0.15, 0.2) is 64.3 Å². The normalized spacial score (nSPS) is 12.2. The molecular weight excluding hydrogens is 272 g/mol. The van der Waals surface area contributed by atoms with Crippen LogP contribution >= 0.6 is 0 Å². The average Bonchev–Trinajstić information content (AvgIpc) is 2.43. The van der Waals surface area contributed by atoms with Crippen molar-refractivity contribution in [1.82, 2.24) is 4.90 Å². The zero-order chi connectivity index (χ0) is 16.4. The van der Waals surface area contributed by atoms with Gasteiger partial charge in [-0.2, -0.15) is 0 Å². The fourth-order valence-electron chi connectivity index (χ4n) is 1.32. The van der Waals surface area contributed by atoms with Crippen molar-refractivity contribution in [2.24, 2.45) is 9.98 Å². The van der Waals surface area contributed by atoms with Crippen molar-refractivity contribution in [3.63, 3.8) is 0 Å². The van der Waals surface area contributed by atoms with Gasteiger partial charge in [-0.25, -0.2) is 4.99 Å². The van der Waals surface area contributed by atoms with E-state index in [0.29, 0.717) is 0 Å². The molecule has 0 bridgehead atoms. The molecule has 0 aromatic carbocycles. The predicted molar refractivity (Wildman–Crippen MR) is 83.7 cm³/mol. The Kier molecular flexibility index (Phi) is 7.80. The van der Waals surface area contributed by atoms with E-state index in [0.717, 1.165) is 6.20 Å². The maximum atomic E-state index is 11.4. The molecule has 21 heavy (non-hydrogen) atoms. The number of aliphatic imine (C=N–C) groups is 2. The van der Waals surface area contributed by atoms with E-state index in [4.69, 9.17) is 4.74 Å². The van der Waals surface area contributed by atoms with Gasteiger partial charge in [-0.05, 0) is 19.0 Å². The van der Waals surface area contributed by atoms with E-state index in [1.165, 1.54) is 13.2 Å². The molecule has 112 valence electrons. The van der Waals surface area contributed by atoms with Crippen LogP contribution in [0, 0.1) is 10.1 Å². The third-order valence-corrected chi connectivity index (χ3v) is 2.16. The number of hydrogen-bond donors (Lipinski definition) is 0. The molecule has 0 aliphatic carbocycles. The molecular formula is C14H18N4O3. The van der Waals surface area contributed by atoms with Crippen molar-refractivity contribution in [1.29, 1.82) is 0 Å². The molecule has 0 aliphatic heterocycles. The molecule has 0 heterocycles. The number of hydrogen-bond acceptors (Lipinski definition) is 6. The summed E-state index contributed by atoms with van der Waals surface area (Å²) >= 11 is 0. The van der Waals surface area contributed by atoms with Crippen molar-refractivity contribution < 1.29 is 9.66 Å². The fraction of sp³-hybridized carbons (Fsp3) is 0.214. The van der Waals surface area contributed by atoms with Crippen LogP contribution in [0.2, 0.25) is 0 Å². The monoisotopic (exact) mass is 290 g/mol. The zero-order valence-corrected chi connectivity index (χ0v) is 12.4. The van der Waals surface area contributed by atoms with Gasteiger partial charge in [-0.3, -0.25) is 15.1 Å². The lowest BCUT2D eigenvalue weighted by Crippen LogP contribution is -2.16. The van der Waals surface area contributed by atoms with Crippen molar-refractivity contribution in [3.05, 3.63) is 64.4 Å². The number of rotatable bonds is 7. The van der Waals surface area contributed by atoms with E-state index < -0.39 is 4.92 Å². The van der Waals surface area contributed by atoms with Gasteiger partial charge in [0, 0.05) is 20.3 Å². The van der Waals surface area contributed by atoms with Crippen LogP contribution in [0.3, 0.4) is 0 Å². The van der Waals surface area contributed by atoms with Gasteiger partial charge >= 0.3 is 5.70 Å². The molecule has 0 saturated carbocycles. The number of ether oxygens (including phenoxy) is 1. The summed E-state index contributed by atoms with van der Waals surface area (Å²) in [5.41, 5.74) is 2.37. The first-order chi connectivity index (χ1) is 9.92. The van der Waals surface area contributed by atoms with Crippen LogP contribution in [0.25, 0.3) is 0 Å². The van der Waals surface area contributed by atoms with E-state index in [9.17, 15) is 10.1 Å². The second-order valence-electron chi connectivity index (χ2n) is 3.80. The molecule has 0 aliphatic rings. The predicted octanol–water partition coefficient (Wildman–Crippen LogP) is 2.15. The number of nitro groups is 1. The van der Waals surface area contributed by atoms with Gasteiger partial charge in [0.15, 0.2) is 0 Å². The topological polar surface area (TPSA) is 80.3 Å². The first-order valence-corrected chi connectivity index (χ1v) is 5.76.